The minimum Gasteiger partial charge on any atom is -0.497 e. The van der Waals surface area contributed by atoms with E-state index in [2.05, 4.69) is 25.9 Å². The highest BCUT2D eigenvalue weighted by Crippen LogP contribution is 2.22. The second-order valence-electron chi connectivity index (χ2n) is 4.46. The second-order valence-corrected chi connectivity index (χ2v) is 4.46. The van der Waals surface area contributed by atoms with Gasteiger partial charge < -0.3 is 10.6 Å². The quantitative estimate of drug-likeness (QED) is 0.459. The van der Waals surface area contributed by atoms with Crippen LogP contribution in [0.1, 0.15) is 26.3 Å². The van der Waals surface area contributed by atoms with Crippen LogP contribution in [0, 0.1) is 5.41 Å². The number of rotatable bonds is 2. The van der Waals surface area contributed by atoms with Gasteiger partial charge in [-0.1, -0.05) is 20.8 Å². The van der Waals surface area contributed by atoms with Gasteiger partial charge in [0.25, 0.3) is 0 Å². The lowest BCUT2D eigenvalue weighted by atomic mass is 9.85. The molecule has 1 rings (SSSR count). The molecule has 2 N–H and O–H groups in total. The summed E-state index contributed by atoms with van der Waals surface area (Å²) in [5, 5.41) is 3.86. The van der Waals surface area contributed by atoms with Crippen LogP contribution in [0.4, 0.5) is 0 Å². The van der Waals surface area contributed by atoms with Crippen LogP contribution < -0.4 is 10.6 Å². The molecule has 0 unspecified atom stereocenters. The summed E-state index contributed by atoms with van der Waals surface area (Å²) in [7, 11) is 1.65. The molecule has 3 nitrogen and oxygen atoms in total. The zero-order valence-corrected chi connectivity index (χ0v) is 9.74. The summed E-state index contributed by atoms with van der Waals surface area (Å²) in [4.78, 5) is 0. The topological polar surface area (TPSA) is 47.6 Å². The smallest absolute Gasteiger partial charge is 0.118 e. The summed E-state index contributed by atoms with van der Waals surface area (Å²) in [6.45, 7) is 6.26. The number of hydrazone groups is 1. The number of hydrogen-bond acceptors (Lipinski definition) is 3. The van der Waals surface area contributed by atoms with E-state index in [4.69, 9.17) is 10.6 Å². The standard InChI is InChI=1S/C12H18N2O/c1-12(2,3)11(14-13)9-5-7-10(15-4)8-6-9/h5-8H,13H2,1-4H3/b14-11+. The Balaban J connectivity index is 3.05. The van der Waals surface area contributed by atoms with Crippen LogP contribution in [0.15, 0.2) is 29.4 Å². The van der Waals surface area contributed by atoms with E-state index in [1.807, 2.05) is 24.3 Å². The molecule has 0 amide bonds. The largest absolute Gasteiger partial charge is 0.497 e. The molecule has 0 aromatic heterocycles. The molecule has 0 aliphatic heterocycles. The van der Waals surface area contributed by atoms with Gasteiger partial charge in [-0.25, -0.2) is 0 Å². The maximum absolute atomic E-state index is 5.42. The van der Waals surface area contributed by atoms with Gasteiger partial charge in [0.05, 0.1) is 12.8 Å². The van der Waals surface area contributed by atoms with Gasteiger partial charge in [-0.3, -0.25) is 0 Å². The van der Waals surface area contributed by atoms with Gasteiger partial charge in [0.2, 0.25) is 0 Å². The molecule has 0 aliphatic rings. The van der Waals surface area contributed by atoms with Crippen molar-refractivity contribution in [3.63, 3.8) is 0 Å². The average Bonchev–Trinajstić information content (AvgIpc) is 2.18. The van der Waals surface area contributed by atoms with E-state index in [1.165, 1.54) is 0 Å². The number of benzene rings is 1. The molecule has 0 radical (unpaired) electrons. The molecule has 3 heteroatoms. The Morgan fingerprint density at radius 1 is 1.20 bits per heavy atom. The van der Waals surface area contributed by atoms with Crippen LogP contribution in [0.25, 0.3) is 0 Å². The fourth-order valence-corrected chi connectivity index (χ4v) is 1.45. The predicted octanol–water partition coefficient (Wildman–Crippen LogP) is 2.40. The fourth-order valence-electron chi connectivity index (χ4n) is 1.45. The van der Waals surface area contributed by atoms with Crippen molar-refractivity contribution in [2.45, 2.75) is 20.8 Å². The van der Waals surface area contributed by atoms with Crippen LogP contribution in [0.2, 0.25) is 0 Å². The summed E-state index contributed by atoms with van der Waals surface area (Å²) in [5.41, 5.74) is 1.87. The molecular weight excluding hydrogens is 188 g/mol. The molecule has 0 aliphatic carbocycles. The van der Waals surface area contributed by atoms with Crippen molar-refractivity contribution in [3.05, 3.63) is 29.8 Å². The van der Waals surface area contributed by atoms with Crippen LogP contribution >= 0.6 is 0 Å². The maximum atomic E-state index is 5.42. The summed E-state index contributed by atoms with van der Waals surface area (Å²) in [5.74, 6) is 6.26. The number of nitrogens with two attached hydrogens (primary N) is 1. The first kappa shape index (κ1) is 11.6. The van der Waals surface area contributed by atoms with Crippen molar-refractivity contribution in [1.29, 1.82) is 0 Å². The van der Waals surface area contributed by atoms with E-state index < -0.39 is 0 Å². The van der Waals surface area contributed by atoms with Gasteiger partial charge in [0, 0.05) is 5.41 Å². The summed E-state index contributed by atoms with van der Waals surface area (Å²) in [6.07, 6.45) is 0. The van der Waals surface area contributed by atoms with Gasteiger partial charge in [-0.05, 0) is 29.8 Å². The highest BCUT2D eigenvalue weighted by Gasteiger charge is 2.20. The number of ether oxygens (including phenoxy) is 1. The van der Waals surface area contributed by atoms with Gasteiger partial charge >= 0.3 is 0 Å². The Morgan fingerprint density at radius 3 is 2.07 bits per heavy atom. The van der Waals surface area contributed by atoms with E-state index in [0.717, 1.165) is 17.0 Å². The lowest BCUT2D eigenvalue weighted by Gasteiger charge is -2.20. The molecule has 82 valence electrons. The molecule has 0 spiro atoms. The van der Waals surface area contributed by atoms with E-state index in [0.29, 0.717) is 0 Å². The van der Waals surface area contributed by atoms with Crippen molar-refractivity contribution in [1.82, 2.24) is 0 Å². The number of methoxy groups -OCH3 is 1. The molecule has 0 saturated carbocycles. The Labute approximate surface area is 90.9 Å². The first-order valence-electron chi connectivity index (χ1n) is 4.92. The lowest BCUT2D eigenvalue weighted by molar-refractivity contribution is 0.414. The summed E-state index contributed by atoms with van der Waals surface area (Å²) in [6, 6.07) is 7.75. The number of hydrogen-bond donors (Lipinski definition) is 1. The first-order chi connectivity index (χ1) is 6.99. The van der Waals surface area contributed by atoms with Crippen molar-refractivity contribution >= 4 is 5.71 Å². The van der Waals surface area contributed by atoms with Crippen LogP contribution in [0.3, 0.4) is 0 Å². The van der Waals surface area contributed by atoms with Crippen molar-refractivity contribution in [3.8, 4) is 5.75 Å². The summed E-state index contributed by atoms with van der Waals surface area (Å²) >= 11 is 0. The Kier molecular flexibility index (Phi) is 3.35. The third kappa shape index (κ3) is 2.72. The van der Waals surface area contributed by atoms with E-state index >= 15 is 0 Å². The van der Waals surface area contributed by atoms with E-state index in [9.17, 15) is 0 Å². The minimum absolute atomic E-state index is 0.0522. The lowest BCUT2D eigenvalue weighted by Crippen LogP contribution is -2.22. The Bertz CT molecular complexity index is 347. The molecule has 0 fully saturated rings. The monoisotopic (exact) mass is 206 g/mol. The highest BCUT2D eigenvalue weighted by molar-refractivity contribution is 6.04. The second kappa shape index (κ2) is 4.34. The predicted molar refractivity (Wildman–Crippen MR) is 63.2 cm³/mol. The maximum Gasteiger partial charge on any atom is 0.118 e. The van der Waals surface area contributed by atoms with Gasteiger partial charge in [0.15, 0.2) is 0 Å². The molecule has 15 heavy (non-hydrogen) atoms. The van der Waals surface area contributed by atoms with Crippen LogP contribution in [0.5, 0.6) is 5.75 Å². The normalized spacial score (nSPS) is 12.7. The molecular formula is C12H18N2O. The van der Waals surface area contributed by atoms with E-state index in [-0.39, 0.29) is 5.41 Å². The Hall–Kier alpha value is -1.51. The third-order valence-electron chi connectivity index (χ3n) is 2.20. The number of nitrogens with zero attached hydrogens (tertiary/aromatic N) is 1. The molecule has 0 bridgehead atoms. The van der Waals surface area contributed by atoms with E-state index in [1.54, 1.807) is 7.11 Å². The average molecular weight is 206 g/mol. The first-order valence-corrected chi connectivity index (χ1v) is 4.92. The molecule has 1 aromatic rings. The third-order valence-corrected chi connectivity index (χ3v) is 2.20. The molecule has 0 heterocycles. The zero-order valence-electron chi connectivity index (χ0n) is 9.74. The minimum atomic E-state index is -0.0522. The molecule has 1 aromatic carbocycles. The van der Waals surface area contributed by atoms with Gasteiger partial charge in [-0.2, -0.15) is 5.10 Å². The Morgan fingerprint density at radius 2 is 1.73 bits per heavy atom. The van der Waals surface area contributed by atoms with Gasteiger partial charge in [-0.15, -0.1) is 0 Å². The molecule has 0 saturated heterocycles. The SMILES string of the molecule is COc1ccc(/C(=N\N)C(C)(C)C)cc1. The highest BCUT2D eigenvalue weighted by atomic mass is 16.5. The zero-order chi connectivity index (χ0) is 11.5. The van der Waals surface area contributed by atoms with Gasteiger partial charge in [0.1, 0.15) is 5.75 Å². The van der Waals surface area contributed by atoms with Crippen molar-refractivity contribution in [2.75, 3.05) is 7.11 Å². The fraction of sp³-hybridized carbons (Fsp3) is 0.417. The summed E-state index contributed by atoms with van der Waals surface area (Å²) < 4.78 is 5.10. The van der Waals surface area contributed by atoms with Crippen molar-refractivity contribution < 1.29 is 4.74 Å². The van der Waals surface area contributed by atoms with Crippen LogP contribution in [-0.2, 0) is 0 Å². The van der Waals surface area contributed by atoms with Crippen molar-refractivity contribution in [2.24, 2.45) is 16.4 Å². The molecule has 0 atom stereocenters. The van der Waals surface area contributed by atoms with Crippen LogP contribution in [-0.4, -0.2) is 12.8 Å².